The normalized spacial score (nSPS) is 19.4. The third-order valence-electron chi connectivity index (χ3n) is 1.97. The van der Waals surface area contributed by atoms with Gasteiger partial charge in [-0.15, -0.1) is 0 Å². The molecular formula is C7H14N2OS3. The van der Waals surface area contributed by atoms with Gasteiger partial charge < -0.3 is 9.45 Å². The van der Waals surface area contributed by atoms with Crippen LogP contribution in [0.15, 0.2) is 4.99 Å². The molecule has 0 aromatic carbocycles. The van der Waals surface area contributed by atoms with Crippen LogP contribution in [0.4, 0.5) is 0 Å². The third kappa shape index (κ3) is 3.12. The van der Waals surface area contributed by atoms with Crippen LogP contribution in [0.2, 0.25) is 0 Å². The summed E-state index contributed by atoms with van der Waals surface area (Å²) in [4.78, 5) is 6.08. The average molecular weight is 238 g/mol. The summed E-state index contributed by atoms with van der Waals surface area (Å²) in [6.45, 7) is 3.70. The van der Waals surface area contributed by atoms with Crippen LogP contribution >= 0.6 is 0 Å². The van der Waals surface area contributed by atoms with Crippen LogP contribution in [-0.4, -0.2) is 34.3 Å². The van der Waals surface area contributed by atoms with Crippen LogP contribution in [0, 0.1) is 0 Å². The SMILES string of the molecule is CCCC(N1C=NCC1)S(O)(=S)=S. The monoisotopic (exact) mass is 238 g/mol. The molecule has 0 saturated heterocycles. The van der Waals surface area contributed by atoms with Gasteiger partial charge in [0, 0.05) is 14.0 Å². The summed E-state index contributed by atoms with van der Waals surface area (Å²) in [7, 11) is -2.31. The molecule has 0 saturated carbocycles. The minimum absolute atomic E-state index is 0.0752. The molecule has 0 aromatic heterocycles. The summed E-state index contributed by atoms with van der Waals surface area (Å²) in [6.07, 6.45) is 3.60. The van der Waals surface area contributed by atoms with Crippen molar-refractivity contribution in [2.75, 3.05) is 13.1 Å². The van der Waals surface area contributed by atoms with Crippen molar-refractivity contribution < 1.29 is 4.55 Å². The zero-order valence-electron chi connectivity index (χ0n) is 7.55. The molecule has 0 amide bonds. The van der Waals surface area contributed by atoms with Crippen LogP contribution in [0.5, 0.6) is 0 Å². The van der Waals surface area contributed by atoms with E-state index in [4.69, 9.17) is 22.4 Å². The number of hydrogen-bond donors (Lipinski definition) is 1. The Balaban J connectivity index is 2.73. The summed E-state index contributed by atoms with van der Waals surface area (Å²) >= 11 is 9.92. The van der Waals surface area contributed by atoms with Crippen molar-refractivity contribution >= 4 is 36.1 Å². The van der Waals surface area contributed by atoms with Gasteiger partial charge in [-0.1, -0.05) is 13.3 Å². The van der Waals surface area contributed by atoms with E-state index in [1.165, 1.54) is 0 Å². The molecule has 0 spiro atoms. The Bertz CT molecular complexity index is 286. The van der Waals surface area contributed by atoms with Gasteiger partial charge in [-0.2, -0.15) is 0 Å². The highest BCUT2D eigenvalue weighted by Crippen LogP contribution is 2.14. The zero-order valence-corrected chi connectivity index (χ0v) is 10.00. The second-order valence-corrected chi connectivity index (χ2v) is 8.27. The van der Waals surface area contributed by atoms with E-state index in [0.717, 1.165) is 25.9 Å². The molecule has 3 nitrogen and oxygen atoms in total. The van der Waals surface area contributed by atoms with Crippen molar-refractivity contribution in [2.24, 2.45) is 4.99 Å². The van der Waals surface area contributed by atoms with Crippen molar-refractivity contribution in [3.63, 3.8) is 0 Å². The zero-order chi connectivity index (χ0) is 9.90. The van der Waals surface area contributed by atoms with E-state index < -0.39 is 7.43 Å². The highest BCUT2D eigenvalue weighted by molar-refractivity contribution is 8.53. The first kappa shape index (κ1) is 11.3. The molecule has 13 heavy (non-hydrogen) atoms. The fourth-order valence-electron chi connectivity index (χ4n) is 1.34. The van der Waals surface area contributed by atoms with Crippen molar-refractivity contribution in [1.29, 1.82) is 0 Å². The second kappa shape index (κ2) is 4.63. The van der Waals surface area contributed by atoms with E-state index in [1.807, 2.05) is 4.90 Å². The fraction of sp³-hybridized carbons (Fsp3) is 0.857. The van der Waals surface area contributed by atoms with Crippen LogP contribution in [-0.2, 0) is 29.8 Å². The maximum atomic E-state index is 9.68. The van der Waals surface area contributed by atoms with E-state index in [1.54, 1.807) is 6.34 Å². The Morgan fingerprint density at radius 2 is 2.38 bits per heavy atom. The molecule has 6 heteroatoms. The molecule has 0 fully saturated rings. The van der Waals surface area contributed by atoms with Crippen molar-refractivity contribution in [3.05, 3.63) is 0 Å². The Kier molecular flexibility index (Phi) is 4.03. The predicted octanol–water partition coefficient (Wildman–Crippen LogP) is 1.01. The minimum atomic E-state index is -2.31. The minimum Gasteiger partial charge on any atom is -0.346 e. The summed E-state index contributed by atoms with van der Waals surface area (Å²) in [5.74, 6) is 0. The first-order valence-electron chi connectivity index (χ1n) is 4.27. The molecule has 1 atom stereocenters. The average Bonchev–Trinajstić information content (AvgIpc) is 2.49. The smallest absolute Gasteiger partial charge is 0.107 e. The van der Waals surface area contributed by atoms with Crippen molar-refractivity contribution in [3.8, 4) is 0 Å². The second-order valence-electron chi connectivity index (χ2n) is 3.02. The molecule has 1 unspecified atom stereocenters. The van der Waals surface area contributed by atoms with Gasteiger partial charge in [0.15, 0.2) is 0 Å². The van der Waals surface area contributed by atoms with Gasteiger partial charge in [0.2, 0.25) is 0 Å². The number of nitrogens with zero attached hydrogens (tertiary/aromatic N) is 2. The predicted molar refractivity (Wildman–Crippen MR) is 63.5 cm³/mol. The van der Waals surface area contributed by atoms with E-state index in [2.05, 4.69) is 11.9 Å². The molecule has 0 aromatic rings. The number of rotatable bonds is 4. The van der Waals surface area contributed by atoms with Crippen LogP contribution in [0.1, 0.15) is 19.8 Å². The van der Waals surface area contributed by atoms with Gasteiger partial charge in [-0.3, -0.25) is 4.99 Å². The standard InChI is InChI=1S/C7H14N2OS3/c1-2-3-7(13(10,11)12)9-5-4-8-6-9/h6-7H,2-5H2,1H3,(H,10,11,12). The van der Waals surface area contributed by atoms with Gasteiger partial charge >= 0.3 is 0 Å². The third-order valence-corrected chi connectivity index (χ3v) is 4.49. The van der Waals surface area contributed by atoms with Crippen molar-refractivity contribution in [1.82, 2.24) is 4.90 Å². The Labute approximate surface area is 88.9 Å². The van der Waals surface area contributed by atoms with Gasteiger partial charge in [-0.25, -0.2) is 0 Å². The topological polar surface area (TPSA) is 35.8 Å². The summed E-state index contributed by atoms with van der Waals surface area (Å²) in [6, 6.07) is 0. The molecular weight excluding hydrogens is 224 g/mol. The first-order chi connectivity index (χ1) is 6.05. The molecule has 1 aliphatic rings. The van der Waals surface area contributed by atoms with E-state index in [0.29, 0.717) is 0 Å². The largest absolute Gasteiger partial charge is 0.346 e. The molecule has 0 radical (unpaired) electrons. The first-order valence-corrected chi connectivity index (χ1v) is 7.78. The lowest BCUT2D eigenvalue weighted by Gasteiger charge is -2.27. The van der Waals surface area contributed by atoms with E-state index >= 15 is 0 Å². The molecule has 1 aliphatic heterocycles. The lowest BCUT2D eigenvalue weighted by molar-refractivity contribution is 0.402. The molecule has 0 aliphatic carbocycles. The van der Waals surface area contributed by atoms with E-state index in [9.17, 15) is 4.55 Å². The maximum Gasteiger partial charge on any atom is 0.107 e. The van der Waals surface area contributed by atoms with Gasteiger partial charge in [-0.05, 0) is 28.8 Å². The lowest BCUT2D eigenvalue weighted by atomic mass is 10.3. The van der Waals surface area contributed by atoms with Crippen LogP contribution in [0.3, 0.4) is 0 Å². The molecule has 0 bridgehead atoms. The molecule has 1 N–H and O–H groups in total. The number of hydrogen-bond acceptors (Lipinski definition) is 4. The maximum absolute atomic E-state index is 9.68. The van der Waals surface area contributed by atoms with Gasteiger partial charge in [0.05, 0.1) is 12.9 Å². The quantitative estimate of drug-likeness (QED) is 0.793. The van der Waals surface area contributed by atoms with Crippen LogP contribution in [0.25, 0.3) is 0 Å². The molecule has 1 rings (SSSR count). The fourth-order valence-corrected chi connectivity index (χ4v) is 3.62. The van der Waals surface area contributed by atoms with Gasteiger partial charge in [0.25, 0.3) is 0 Å². The Hall–Kier alpha value is 0.220. The Morgan fingerprint density at radius 1 is 1.69 bits per heavy atom. The Morgan fingerprint density at radius 3 is 2.77 bits per heavy atom. The molecule has 1 heterocycles. The van der Waals surface area contributed by atoms with Crippen molar-refractivity contribution in [2.45, 2.75) is 25.1 Å². The summed E-state index contributed by atoms with van der Waals surface area (Å²) in [5, 5.41) is -0.0752. The summed E-state index contributed by atoms with van der Waals surface area (Å²) < 4.78 is 9.68. The molecule has 76 valence electrons. The highest BCUT2D eigenvalue weighted by Gasteiger charge is 2.22. The lowest BCUT2D eigenvalue weighted by Crippen LogP contribution is -2.38. The van der Waals surface area contributed by atoms with Crippen LogP contribution < -0.4 is 0 Å². The number of aliphatic imine (C=N–C) groups is 1. The van der Waals surface area contributed by atoms with Gasteiger partial charge in [0.1, 0.15) is 5.37 Å². The summed E-state index contributed by atoms with van der Waals surface area (Å²) in [5.41, 5.74) is 0. The van der Waals surface area contributed by atoms with E-state index in [-0.39, 0.29) is 5.37 Å². The highest BCUT2D eigenvalue weighted by atomic mass is 33.1.